The molecule has 0 saturated carbocycles. The van der Waals surface area contributed by atoms with E-state index in [0.717, 1.165) is 27.1 Å². The molecule has 0 bridgehead atoms. The van der Waals surface area contributed by atoms with E-state index in [1.165, 1.54) is 4.90 Å². The first-order chi connectivity index (χ1) is 14.5. The van der Waals surface area contributed by atoms with Crippen molar-refractivity contribution >= 4 is 33.6 Å². The van der Waals surface area contributed by atoms with E-state index < -0.39 is 18.1 Å². The summed E-state index contributed by atoms with van der Waals surface area (Å²) in [6.07, 6.45) is -0.642. The van der Waals surface area contributed by atoms with Crippen LogP contribution in [0, 0.1) is 0 Å². The van der Waals surface area contributed by atoms with Crippen LogP contribution in [0.15, 0.2) is 36.4 Å². The Balaban J connectivity index is 1.94. The van der Waals surface area contributed by atoms with Crippen molar-refractivity contribution in [2.75, 3.05) is 27.9 Å². The predicted molar refractivity (Wildman–Crippen MR) is 109 cm³/mol. The minimum absolute atomic E-state index is 0.100. The quantitative estimate of drug-likeness (QED) is 0.621. The SMILES string of the molecule is COc1ccc2c(CN3C(=O)OCC3C(=O)O)cc3cc(OC)c(OC)cc3c2c1. The van der Waals surface area contributed by atoms with E-state index >= 15 is 0 Å². The summed E-state index contributed by atoms with van der Waals surface area (Å²) in [6, 6.07) is 10.3. The first kappa shape index (κ1) is 19.6. The highest BCUT2D eigenvalue weighted by Gasteiger charge is 2.38. The summed E-state index contributed by atoms with van der Waals surface area (Å²) >= 11 is 0. The van der Waals surface area contributed by atoms with Crippen LogP contribution in [0.4, 0.5) is 4.79 Å². The number of carboxylic acids is 1. The average Bonchev–Trinajstić information content (AvgIpc) is 3.12. The molecule has 1 N–H and O–H groups in total. The molecular weight excluding hydrogens is 390 g/mol. The summed E-state index contributed by atoms with van der Waals surface area (Å²) in [4.78, 5) is 24.9. The zero-order valence-corrected chi connectivity index (χ0v) is 16.8. The summed E-state index contributed by atoms with van der Waals surface area (Å²) in [5, 5.41) is 13.0. The third-order valence-electron chi connectivity index (χ3n) is 5.35. The van der Waals surface area contributed by atoms with Gasteiger partial charge >= 0.3 is 12.1 Å². The Labute approximate surface area is 172 Å². The highest BCUT2D eigenvalue weighted by molar-refractivity contribution is 6.10. The van der Waals surface area contributed by atoms with Gasteiger partial charge in [0, 0.05) is 0 Å². The van der Waals surface area contributed by atoms with Gasteiger partial charge in [0.1, 0.15) is 12.4 Å². The summed E-state index contributed by atoms with van der Waals surface area (Å²) in [5.74, 6) is 0.747. The minimum atomic E-state index is -1.10. The molecule has 1 unspecified atom stereocenters. The van der Waals surface area contributed by atoms with Gasteiger partial charge in [-0.3, -0.25) is 4.90 Å². The lowest BCUT2D eigenvalue weighted by molar-refractivity contribution is -0.141. The number of carbonyl (C=O) groups is 2. The van der Waals surface area contributed by atoms with Crippen molar-refractivity contribution in [3.8, 4) is 17.2 Å². The molecular formula is C22H21NO7. The van der Waals surface area contributed by atoms with E-state index in [0.29, 0.717) is 17.2 Å². The smallest absolute Gasteiger partial charge is 0.411 e. The lowest BCUT2D eigenvalue weighted by Crippen LogP contribution is -2.38. The molecule has 8 heteroatoms. The van der Waals surface area contributed by atoms with E-state index in [9.17, 15) is 14.7 Å². The number of carboxylic acid groups (broad SMARTS) is 1. The molecule has 0 aliphatic carbocycles. The number of rotatable bonds is 6. The van der Waals surface area contributed by atoms with E-state index in [1.807, 2.05) is 36.4 Å². The minimum Gasteiger partial charge on any atom is -0.497 e. The van der Waals surface area contributed by atoms with Gasteiger partial charge in [-0.1, -0.05) is 6.07 Å². The Morgan fingerprint density at radius 1 is 1.03 bits per heavy atom. The molecule has 4 rings (SSSR count). The molecule has 0 spiro atoms. The van der Waals surface area contributed by atoms with Crippen LogP contribution < -0.4 is 14.2 Å². The van der Waals surface area contributed by atoms with E-state index in [-0.39, 0.29) is 13.2 Å². The molecule has 1 atom stereocenters. The molecule has 1 aliphatic heterocycles. The maximum Gasteiger partial charge on any atom is 0.411 e. The molecule has 1 heterocycles. The summed E-state index contributed by atoms with van der Waals surface area (Å²) in [6.45, 7) is -0.0680. The van der Waals surface area contributed by atoms with Gasteiger partial charge in [-0.15, -0.1) is 0 Å². The van der Waals surface area contributed by atoms with Crippen molar-refractivity contribution in [2.45, 2.75) is 12.6 Å². The fourth-order valence-electron chi connectivity index (χ4n) is 3.81. The number of fused-ring (bicyclic) bond motifs is 3. The number of ether oxygens (including phenoxy) is 4. The van der Waals surface area contributed by atoms with Crippen LogP contribution in [0.3, 0.4) is 0 Å². The summed E-state index contributed by atoms with van der Waals surface area (Å²) in [7, 11) is 4.73. The third kappa shape index (κ3) is 3.20. The lowest BCUT2D eigenvalue weighted by atomic mass is 9.96. The van der Waals surface area contributed by atoms with E-state index in [2.05, 4.69) is 0 Å². The molecule has 156 valence electrons. The Morgan fingerprint density at radius 2 is 1.77 bits per heavy atom. The van der Waals surface area contributed by atoms with Crippen LogP contribution in [0.1, 0.15) is 5.56 Å². The highest BCUT2D eigenvalue weighted by Crippen LogP contribution is 2.39. The molecule has 1 saturated heterocycles. The molecule has 0 aromatic heterocycles. The van der Waals surface area contributed by atoms with Crippen molar-refractivity contribution in [2.24, 2.45) is 0 Å². The Hall–Kier alpha value is -3.68. The zero-order chi connectivity index (χ0) is 21.4. The van der Waals surface area contributed by atoms with Crippen molar-refractivity contribution in [3.63, 3.8) is 0 Å². The number of carbonyl (C=O) groups excluding carboxylic acids is 1. The molecule has 3 aromatic carbocycles. The molecule has 30 heavy (non-hydrogen) atoms. The molecule has 1 fully saturated rings. The number of cyclic esters (lactones) is 1. The monoisotopic (exact) mass is 411 g/mol. The topological polar surface area (TPSA) is 94.5 Å². The number of hydrogen-bond donors (Lipinski definition) is 1. The number of benzene rings is 3. The highest BCUT2D eigenvalue weighted by atomic mass is 16.6. The number of amides is 1. The fraction of sp³-hybridized carbons (Fsp3) is 0.273. The number of methoxy groups -OCH3 is 3. The van der Waals surface area contributed by atoms with Gasteiger partial charge in [-0.05, 0) is 57.4 Å². The van der Waals surface area contributed by atoms with Crippen LogP contribution in [0.5, 0.6) is 17.2 Å². The van der Waals surface area contributed by atoms with Gasteiger partial charge in [0.2, 0.25) is 0 Å². The van der Waals surface area contributed by atoms with Crippen molar-refractivity contribution < 1.29 is 33.6 Å². The average molecular weight is 411 g/mol. The normalized spacial score (nSPS) is 16.0. The van der Waals surface area contributed by atoms with Crippen molar-refractivity contribution in [1.29, 1.82) is 0 Å². The van der Waals surface area contributed by atoms with Gasteiger partial charge in [0.15, 0.2) is 17.5 Å². The standard InChI is InChI=1S/C22H21NO7/c1-27-14-4-5-15-13(10-23-18(21(24)25)11-30-22(23)26)6-12-7-19(28-2)20(29-3)9-16(12)17(15)8-14/h4-9,18H,10-11H2,1-3H3,(H,24,25). The third-order valence-corrected chi connectivity index (χ3v) is 5.35. The lowest BCUT2D eigenvalue weighted by Gasteiger charge is -2.20. The van der Waals surface area contributed by atoms with Gasteiger partial charge in [0.05, 0.1) is 27.9 Å². The second kappa shape index (κ2) is 7.62. The Morgan fingerprint density at radius 3 is 2.43 bits per heavy atom. The molecule has 0 radical (unpaired) electrons. The second-order valence-electron chi connectivity index (χ2n) is 6.93. The van der Waals surface area contributed by atoms with Crippen LogP contribution in [-0.2, 0) is 16.1 Å². The van der Waals surface area contributed by atoms with Crippen LogP contribution in [0.2, 0.25) is 0 Å². The molecule has 3 aromatic rings. The fourth-order valence-corrected chi connectivity index (χ4v) is 3.81. The number of hydrogen-bond acceptors (Lipinski definition) is 6. The first-order valence-electron chi connectivity index (χ1n) is 9.28. The number of nitrogens with zero attached hydrogens (tertiary/aromatic N) is 1. The van der Waals surface area contributed by atoms with E-state index in [1.54, 1.807) is 21.3 Å². The van der Waals surface area contributed by atoms with E-state index in [4.69, 9.17) is 18.9 Å². The molecule has 1 aliphatic rings. The van der Waals surface area contributed by atoms with Gasteiger partial charge < -0.3 is 24.1 Å². The van der Waals surface area contributed by atoms with Gasteiger partial charge in [0.25, 0.3) is 0 Å². The Kier molecular flexibility index (Phi) is 4.99. The maximum absolute atomic E-state index is 12.2. The van der Waals surface area contributed by atoms with Crippen molar-refractivity contribution in [3.05, 3.63) is 42.0 Å². The second-order valence-corrected chi connectivity index (χ2v) is 6.93. The summed E-state index contributed by atoms with van der Waals surface area (Å²) < 4.78 is 21.2. The molecule has 1 amide bonds. The van der Waals surface area contributed by atoms with Crippen LogP contribution in [0.25, 0.3) is 21.5 Å². The van der Waals surface area contributed by atoms with Crippen LogP contribution >= 0.6 is 0 Å². The van der Waals surface area contributed by atoms with Crippen LogP contribution in [-0.4, -0.2) is 56.0 Å². The number of aliphatic carboxylic acids is 1. The van der Waals surface area contributed by atoms with Gasteiger partial charge in [-0.25, -0.2) is 9.59 Å². The largest absolute Gasteiger partial charge is 0.497 e. The van der Waals surface area contributed by atoms with Crippen molar-refractivity contribution in [1.82, 2.24) is 4.90 Å². The zero-order valence-electron chi connectivity index (χ0n) is 16.8. The predicted octanol–water partition coefficient (Wildman–Crippen LogP) is 3.42. The summed E-state index contributed by atoms with van der Waals surface area (Å²) in [5.41, 5.74) is 0.789. The molecule has 8 nitrogen and oxygen atoms in total. The Bertz CT molecular complexity index is 1160. The maximum atomic E-state index is 12.2. The van der Waals surface area contributed by atoms with Gasteiger partial charge in [-0.2, -0.15) is 0 Å². The first-order valence-corrected chi connectivity index (χ1v) is 9.28.